The van der Waals surface area contributed by atoms with Crippen molar-refractivity contribution in [3.8, 4) is 0 Å². The standard InChI is InChI=1S/C21H22Cl2N4O3/c1-2-27(12-18(28)26-19-16(22)7-4-8-17(19)23)20(29)13-5-3-6-15(11-13)25-21(30)24-14-9-10-14/h3-8,11,14H,2,9-10,12H2,1H3,(H,26,28)(H2,24,25,30). The number of carbonyl (C=O) groups is 3. The Morgan fingerprint density at radius 2 is 1.70 bits per heavy atom. The molecule has 7 nitrogen and oxygen atoms in total. The van der Waals surface area contributed by atoms with E-state index in [0.29, 0.717) is 33.5 Å². The third-order valence-corrected chi connectivity index (χ3v) is 5.14. The van der Waals surface area contributed by atoms with E-state index in [9.17, 15) is 14.4 Å². The number of hydrogen-bond acceptors (Lipinski definition) is 3. The molecular formula is C21H22Cl2N4O3. The Labute approximate surface area is 184 Å². The topological polar surface area (TPSA) is 90.5 Å². The molecule has 1 aliphatic carbocycles. The van der Waals surface area contributed by atoms with E-state index in [4.69, 9.17) is 23.2 Å². The molecule has 0 spiro atoms. The number of likely N-dealkylation sites (N-methyl/N-ethyl adjacent to an activating group) is 1. The smallest absolute Gasteiger partial charge is 0.319 e. The molecule has 3 rings (SSSR count). The first kappa shape index (κ1) is 21.9. The number of halogens is 2. The molecule has 3 N–H and O–H groups in total. The van der Waals surface area contributed by atoms with Crippen LogP contribution in [0.5, 0.6) is 0 Å². The fourth-order valence-electron chi connectivity index (χ4n) is 2.79. The van der Waals surface area contributed by atoms with Crippen LogP contribution in [0, 0.1) is 0 Å². The molecule has 9 heteroatoms. The molecule has 2 aromatic carbocycles. The van der Waals surface area contributed by atoms with Gasteiger partial charge in [0.25, 0.3) is 5.91 Å². The molecule has 0 unspecified atom stereocenters. The number of anilines is 2. The van der Waals surface area contributed by atoms with Crippen molar-refractivity contribution in [2.45, 2.75) is 25.8 Å². The summed E-state index contributed by atoms with van der Waals surface area (Å²) in [4.78, 5) is 38.7. The molecule has 158 valence electrons. The van der Waals surface area contributed by atoms with E-state index in [1.54, 1.807) is 49.4 Å². The minimum Gasteiger partial charge on any atom is -0.335 e. The van der Waals surface area contributed by atoms with Crippen molar-refractivity contribution in [1.82, 2.24) is 10.2 Å². The van der Waals surface area contributed by atoms with E-state index in [-0.39, 0.29) is 24.5 Å². The van der Waals surface area contributed by atoms with Crippen LogP contribution in [0.4, 0.5) is 16.2 Å². The highest BCUT2D eigenvalue weighted by molar-refractivity contribution is 6.39. The Balaban J connectivity index is 1.64. The summed E-state index contributed by atoms with van der Waals surface area (Å²) in [5.41, 5.74) is 1.18. The maximum atomic E-state index is 12.9. The van der Waals surface area contributed by atoms with Gasteiger partial charge in [-0.15, -0.1) is 0 Å². The van der Waals surface area contributed by atoms with E-state index in [2.05, 4.69) is 16.0 Å². The third kappa shape index (κ3) is 5.87. The van der Waals surface area contributed by atoms with Gasteiger partial charge in [0.1, 0.15) is 6.54 Å². The Kier molecular flexibility index (Phi) is 7.18. The molecule has 0 saturated heterocycles. The predicted octanol–water partition coefficient (Wildman–Crippen LogP) is 4.38. The fourth-order valence-corrected chi connectivity index (χ4v) is 3.28. The lowest BCUT2D eigenvalue weighted by Gasteiger charge is -2.21. The first-order valence-electron chi connectivity index (χ1n) is 9.58. The fraction of sp³-hybridized carbons (Fsp3) is 0.286. The third-order valence-electron chi connectivity index (χ3n) is 4.51. The number of benzene rings is 2. The summed E-state index contributed by atoms with van der Waals surface area (Å²) in [5, 5.41) is 8.82. The molecule has 2 aromatic rings. The monoisotopic (exact) mass is 448 g/mol. The van der Waals surface area contributed by atoms with Crippen LogP contribution in [-0.4, -0.2) is 41.9 Å². The number of urea groups is 1. The van der Waals surface area contributed by atoms with Gasteiger partial charge in [-0.3, -0.25) is 9.59 Å². The first-order chi connectivity index (χ1) is 14.4. The lowest BCUT2D eigenvalue weighted by Crippen LogP contribution is -2.38. The van der Waals surface area contributed by atoms with Crippen molar-refractivity contribution in [2.24, 2.45) is 0 Å². The lowest BCUT2D eigenvalue weighted by atomic mass is 10.1. The van der Waals surface area contributed by atoms with Crippen LogP contribution in [0.15, 0.2) is 42.5 Å². The molecule has 0 aromatic heterocycles. The number of carbonyl (C=O) groups excluding carboxylic acids is 3. The van der Waals surface area contributed by atoms with Gasteiger partial charge in [0.15, 0.2) is 0 Å². The van der Waals surface area contributed by atoms with Crippen LogP contribution in [0.1, 0.15) is 30.1 Å². The van der Waals surface area contributed by atoms with Crippen LogP contribution in [0.3, 0.4) is 0 Å². The summed E-state index contributed by atoms with van der Waals surface area (Å²) in [5.74, 6) is -0.748. The van der Waals surface area contributed by atoms with E-state index < -0.39 is 5.91 Å². The zero-order valence-electron chi connectivity index (χ0n) is 16.4. The summed E-state index contributed by atoms with van der Waals surface area (Å²) in [6, 6.07) is 11.4. The van der Waals surface area contributed by atoms with Gasteiger partial charge in [-0.05, 0) is 50.1 Å². The summed E-state index contributed by atoms with van der Waals surface area (Å²) in [6.45, 7) is 1.93. The molecule has 0 heterocycles. The van der Waals surface area contributed by atoms with Crippen LogP contribution in [-0.2, 0) is 4.79 Å². The van der Waals surface area contributed by atoms with Gasteiger partial charge in [0.05, 0.1) is 15.7 Å². The molecule has 0 aliphatic heterocycles. The van der Waals surface area contributed by atoms with Gasteiger partial charge in [0, 0.05) is 23.8 Å². The molecular weight excluding hydrogens is 427 g/mol. The maximum Gasteiger partial charge on any atom is 0.319 e. The number of amides is 4. The Bertz CT molecular complexity index is 943. The average molecular weight is 449 g/mol. The van der Waals surface area contributed by atoms with Crippen molar-refractivity contribution in [3.05, 3.63) is 58.1 Å². The lowest BCUT2D eigenvalue weighted by molar-refractivity contribution is -0.116. The molecule has 30 heavy (non-hydrogen) atoms. The van der Waals surface area contributed by atoms with Crippen LogP contribution in [0.25, 0.3) is 0 Å². The molecule has 0 atom stereocenters. The number of nitrogens with one attached hydrogen (secondary N) is 3. The van der Waals surface area contributed by atoms with Gasteiger partial charge < -0.3 is 20.9 Å². The van der Waals surface area contributed by atoms with Crippen LogP contribution >= 0.6 is 23.2 Å². The second-order valence-corrected chi connectivity index (χ2v) is 7.73. The Hall–Kier alpha value is -2.77. The number of nitrogens with zero attached hydrogens (tertiary/aromatic N) is 1. The molecule has 0 bridgehead atoms. The average Bonchev–Trinajstić information content (AvgIpc) is 3.52. The van der Waals surface area contributed by atoms with Gasteiger partial charge in [-0.2, -0.15) is 0 Å². The highest BCUT2D eigenvalue weighted by atomic mass is 35.5. The van der Waals surface area contributed by atoms with Gasteiger partial charge in [-0.25, -0.2) is 4.79 Å². The summed E-state index contributed by atoms with van der Waals surface area (Å²) in [6.07, 6.45) is 1.97. The molecule has 1 fully saturated rings. The van der Waals surface area contributed by atoms with Gasteiger partial charge >= 0.3 is 6.03 Å². The Morgan fingerprint density at radius 3 is 2.33 bits per heavy atom. The van der Waals surface area contributed by atoms with Crippen LogP contribution < -0.4 is 16.0 Å². The Morgan fingerprint density at radius 1 is 1.03 bits per heavy atom. The number of hydrogen-bond donors (Lipinski definition) is 3. The number of rotatable bonds is 7. The van der Waals surface area contributed by atoms with E-state index in [1.165, 1.54) is 4.90 Å². The summed E-state index contributed by atoms with van der Waals surface area (Å²) in [7, 11) is 0. The number of para-hydroxylation sites is 1. The second-order valence-electron chi connectivity index (χ2n) is 6.92. The highest BCUT2D eigenvalue weighted by Crippen LogP contribution is 2.29. The minimum atomic E-state index is -0.418. The zero-order valence-corrected chi connectivity index (χ0v) is 17.9. The van der Waals surface area contributed by atoms with Crippen molar-refractivity contribution in [3.63, 3.8) is 0 Å². The first-order valence-corrected chi connectivity index (χ1v) is 10.3. The summed E-state index contributed by atoms with van der Waals surface area (Å²) < 4.78 is 0. The van der Waals surface area contributed by atoms with Crippen molar-refractivity contribution in [2.75, 3.05) is 23.7 Å². The van der Waals surface area contributed by atoms with E-state index in [1.807, 2.05) is 0 Å². The predicted molar refractivity (Wildman–Crippen MR) is 118 cm³/mol. The molecule has 1 aliphatic rings. The maximum absolute atomic E-state index is 12.9. The molecule has 0 radical (unpaired) electrons. The van der Waals surface area contributed by atoms with Crippen molar-refractivity contribution >= 4 is 52.4 Å². The molecule has 4 amide bonds. The van der Waals surface area contributed by atoms with Crippen LogP contribution in [0.2, 0.25) is 10.0 Å². The normalized spacial score (nSPS) is 12.8. The van der Waals surface area contributed by atoms with Gasteiger partial charge in [-0.1, -0.05) is 35.3 Å². The zero-order chi connectivity index (χ0) is 21.7. The quantitative estimate of drug-likeness (QED) is 0.586. The molecule has 1 saturated carbocycles. The van der Waals surface area contributed by atoms with Gasteiger partial charge in [0.2, 0.25) is 5.91 Å². The van der Waals surface area contributed by atoms with E-state index >= 15 is 0 Å². The largest absolute Gasteiger partial charge is 0.335 e. The summed E-state index contributed by atoms with van der Waals surface area (Å²) >= 11 is 12.2. The van der Waals surface area contributed by atoms with E-state index in [0.717, 1.165) is 12.8 Å². The van der Waals surface area contributed by atoms with Crippen molar-refractivity contribution < 1.29 is 14.4 Å². The minimum absolute atomic E-state index is 0.170. The second kappa shape index (κ2) is 9.82. The van der Waals surface area contributed by atoms with Crippen molar-refractivity contribution in [1.29, 1.82) is 0 Å². The highest BCUT2D eigenvalue weighted by Gasteiger charge is 2.23. The SMILES string of the molecule is CCN(CC(=O)Nc1c(Cl)cccc1Cl)C(=O)c1cccc(NC(=O)NC2CC2)c1.